The van der Waals surface area contributed by atoms with E-state index >= 15 is 0 Å². The van der Waals surface area contributed by atoms with Crippen LogP contribution in [0.25, 0.3) is 0 Å². The number of benzene rings is 1. The van der Waals surface area contributed by atoms with Gasteiger partial charge in [0, 0.05) is 40.0 Å². The number of rotatable bonds is 8. The number of nitrogens with zero attached hydrogens (tertiary/aromatic N) is 1. The van der Waals surface area contributed by atoms with Gasteiger partial charge in [-0.15, -0.1) is 34.4 Å². The highest BCUT2D eigenvalue weighted by molar-refractivity contribution is 7.98. The zero-order chi connectivity index (χ0) is 19.9. The molecule has 3 aromatic rings. The van der Waals surface area contributed by atoms with Crippen LogP contribution in [0.3, 0.4) is 0 Å². The third-order valence-corrected chi connectivity index (χ3v) is 8.05. The average Bonchev–Trinajstić information content (AvgIpc) is 3.48. The van der Waals surface area contributed by atoms with Gasteiger partial charge in [-0.3, -0.25) is 9.69 Å². The SMILES string of the molecule is O=C(NCC(c1cccs1)N1CCOCC1)c1ccccc1SCc1cccs1. The topological polar surface area (TPSA) is 41.6 Å². The maximum atomic E-state index is 13.0. The molecule has 4 nitrogen and oxygen atoms in total. The lowest BCUT2D eigenvalue weighted by Gasteiger charge is -2.34. The van der Waals surface area contributed by atoms with Crippen molar-refractivity contribution in [2.75, 3.05) is 32.8 Å². The fraction of sp³-hybridized carbons (Fsp3) is 0.318. The molecule has 0 bridgehead atoms. The Hall–Kier alpha value is -1.64. The zero-order valence-electron chi connectivity index (χ0n) is 16.1. The number of nitrogens with one attached hydrogen (secondary N) is 1. The minimum Gasteiger partial charge on any atom is -0.379 e. The quantitative estimate of drug-likeness (QED) is 0.502. The summed E-state index contributed by atoms with van der Waals surface area (Å²) in [5.41, 5.74) is 0.751. The molecule has 1 saturated heterocycles. The lowest BCUT2D eigenvalue weighted by Crippen LogP contribution is -2.43. The monoisotopic (exact) mass is 444 g/mol. The molecule has 1 aromatic carbocycles. The molecule has 7 heteroatoms. The lowest BCUT2D eigenvalue weighted by atomic mass is 10.1. The Labute approximate surface area is 183 Å². The third-order valence-electron chi connectivity index (χ3n) is 4.90. The number of carbonyl (C=O) groups is 1. The predicted octanol–water partition coefficient (Wildman–Crippen LogP) is 4.91. The molecule has 1 unspecified atom stereocenters. The number of amides is 1. The van der Waals surface area contributed by atoms with Crippen molar-refractivity contribution in [1.29, 1.82) is 0 Å². The molecule has 1 N–H and O–H groups in total. The second-order valence-electron chi connectivity index (χ2n) is 6.75. The van der Waals surface area contributed by atoms with E-state index in [1.165, 1.54) is 9.75 Å². The second-order valence-corrected chi connectivity index (χ2v) is 9.78. The fourth-order valence-corrected chi connectivity index (χ4v) is 6.07. The van der Waals surface area contributed by atoms with E-state index in [-0.39, 0.29) is 11.9 Å². The summed E-state index contributed by atoms with van der Waals surface area (Å²) in [4.78, 5) is 19.1. The molecule has 1 fully saturated rings. The van der Waals surface area contributed by atoms with Crippen molar-refractivity contribution < 1.29 is 9.53 Å². The normalized spacial score (nSPS) is 15.9. The Morgan fingerprint density at radius 2 is 1.86 bits per heavy atom. The molecule has 0 aliphatic carbocycles. The van der Waals surface area contributed by atoms with Crippen LogP contribution in [-0.2, 0) is 10.5 Å². The van der Waals surface area contributed by atoms with Crippen molar-refractivity contribution >= 4 is 40.3 Å². The van der Waals surface area contributed by atoms with E-state index in [9.17, 15) is 4.79 Å². The first kappa shape index (κ1) is 20.6. The van der Waals surface area contributed by atoms with E-state index < -0.39 is 0 Å². The summed E-state index contributed by atoms with van der Waals surface area (Å²) in [5.74, 6) is 0.877. The first-order valence-electron chi connectivity index (χ1n) is 9.69. The van der Waals surface area contributed by atoms with Gasteiger partial charge in [-0.05, 0) is 35.0 Å². The van der Waals surface area contributed by atoms with Gasteiger partial charge in [-0.1, -0.05) is 24.3 Å². The first-order chi connectivity index (χ1) is 14.3. The Kier molecular flexibility index (Phi) is 7.40. The summed E-state index contributed by atoms with van der Waals surface area (Å²) in [6.07, 6.45) is 0. The van der Waals surface area contributed by atoms with Crippen molar-refractivity contribution in [1.82, 2.24) is 10.2 Å². The molecule has 0 spiro atoms. The van der Waals surface area contributed by atoms with E-state index in [4.69, 9.17) is 4.74 Å². The van der Waals surface area contributed by atoms with Crippen LogP contribution in [0.1, 0.15) is 26.2 Å². The van der Waals surface area contributed by atoms with Gasteiger partial charge >= 0.3 is 0 Å². The Balaban J connectivity index is 1.42. The molecule has 152 valence electrons. The summed E-state index contributed by atoms with van der Waals surface area (Å²) in [5, 5.41) is 7.38. The van der Waals surface area contributed by atoms with Gasteiger partial charge in [0.1, 0.15) is 0 Å². The average molecular weight is 445 g/mol. The molecule has 1 atom stereocenters. The first-order valence-corrected chi connectivity index (χ1v) is 12.4. The Morgan fingerprint density at radius 1 is 1.07 bits per heavy atom. The summed E-state index contributed by atoms with van der Waals surface area (Å²) < 4.78 is 5.51. The van der Waals surface area contributed by atoms with E-state index in [1.54, 1.807) is 34.4 Å². The highest BCUT2D eigenvalue weighted by Crippen LogP contribution is 2.29. The lowest BCUT2D eigenvalue weighted by molar-refractivity contribution is 0.0169. The van der Waals surface area contributed by atoms with Gasteiger partial charge < -0.3 is 10.1 Å². The molecule has 2 aromatic heterocycles. The molecule has 3 heterocycles. The molecule has 1 aliphatic heterocycles. The molecular formula is C22H24N2O2S3. The highest BCUT2D eigenvalue weighted by atomic mass is 32.2. The molecular weight excluding hydrogens is 420 g/mol. The van der Waals surface area contributed by atoms with Crippen LogP contribution >= 0.6 is 34.4 Å². The number of morpholine rings is 1. The van der Waals surface area contributed by atoms with Crippen LogP contribution in [0.5, 0.6) is 0 Å². The van der Waals surface area contributed by atoms with Crippen molar-refractivity contribution in [3.05, 3.63) is 74.6 Å². The summed E-state index contributed by atoms with van der Waals surface area (Å²) >= 11 is 5.21. The van der Waals surface area contributed by atoms with Crippen LogP contribution in [0.15, 0.2) is 64.2 Å². The van der Waals surface area contributed by atoms with Crippen LogP contribution in [0.4, 0.5) is 0 Å². The van der Waals surface area contributed by atoms with Crippen LogP contribution in [-0.4, -0.2) is 43.7 Å². The molecule has 0 saturated carbocycles. The van der Waals surface area contributed by atoms with E-state index in [0.29, 0.717) is 6.54 Å². The van der Waals surface area contributed by atoms with Crippen molar-refractivity contribution in [3.8, 4) is 0 Å². The standard InChI is InChI=1S/C22H24N2O2S3/c25-22(18-6-1-2-7-20(18)29-16-17-5-3-13-27-17)23-15-19(21-8-4-14-28-21)24-9-11-26-12-10-24/h1-8,13-14,19H,9-12,15-16H2,(H,23,25). The molecule has 0 radical (unpaired) electrons. The molecule has 1 amide bonds. The zero-order valence-corrected chi connectivity index (χ0v) is 18.5. The van der Waals surface area contributed by atoms with Gasteiger partial charge in [0.05, 0.1) is 24.8 Å². The third kappa shape index (κ3) is 5.49. The predicted molar refractivity (Wildman–Crippen MR) is 122 cm³/mol. The number of hydrogen-bond donors (Lipinski definition) is 1. The highest BCUT2D eigenvalue weighted by Gasteiger charge is 2.24. The van der Waals surface area contributed by atoms with Gasteiger partial charge in [0.2, 0.25) is 0 Å². The number of thioether (sulfide) groups is 1. The second kappa shape index (κ2) is 10.4. The maximum absolute atomic E-state index is 13.0. The minimum atomic E-state index is -0.00547. The number of ether oxygens (including phenoxy) is 1. The van der Waals surface area contributed by atoms with Crippen molar-refractivity contribution in [2.24, 2.45) is 0 Å². The van der Waals surface area contributed by atoms with Crippen molar-refractivity contribution in [3.63, 3.8) is 0 Å². The van der Waals surface area contributed by atoms with Crippen LogP contribution < -0.4 is 5.32 Å². The van der Waals surface area contributed by atoms with Gasteiger partial charge in [-0.25, -0.2) is 0 Å². The van der Waals surface area contributed by atoms with Crippen LogP contribution in [0.2, 0.25) is 0 Å². The van der Waals surface area contributed by atoms with E-state index in [0.717, 1.165) is 42.5 Å². The molecule has 1 aliphatic rings. The number of hydrogen-bond acceptors (Lipinski definition) is 6. The maximum Gasteiger partial charge on any atom is 0.252 e. The minimum absolute atomic E-state index is 0.00547. The summed E-state index contributed by atoms with van der Waals surface area (Å²) in [7, 11) is 0. The molecule has 4 rings (SSSR count). The fourth-order valence-electron chi connectivity index (χ4n) is 3.39. The van der Waals surface area contributed by atoms with Gasteiger partial charge in [-0.2, -0.15) is 0 Å². The van der Waals surface area contributed by atoms with Gasteiger partial charge in [0.15, 0.2) is 0 Å². The number of carbonyl (C=O) groups excluding carboxylic acids is 1. The van der Waals surface area contributed by atoms with Crippen LogP contribution in [0, 0.1) is 0 Å². The Bertz CT molecular complexity index is 891. The summed E-state index contributed by atoms with van der Waals surface area (Å²) in [6, 6.07) is 16.5. The largest absolute Gasteiger partial charge is 0.379 e. The van der Waals surface area contributed by atoms with Crippen molar-refractivity contribution in [2.45, 2.75) is 16.7 Å². The van der Waals surface area contributed by atoms with E-state index in [1.807, 2.05) is 24.3 Å². The van der Waals surface area contributed by atoms with Gasteiger partial charge in [0.25, 0.3) is 5.91 Å². The number of thiophene rings is 2. The smallest absolute Gasteiger partial charge is 0.252 e. The summed E-state index contributed by atoms with van der Waals surface area (Å²) in [6.45, 7) is 3.89. The molecule has 29 heavy (non-hydrogen) atoms. The van der Waals surface area contributed by atoms with E-state index in [2.05, 4.69) is 45.2 Å². The Morgan fingerprint density at radius 3 is 2.62 bits per heavy atom.